The van der Waals surface area contributed by atoms with Crippen molar-refractivity contribution >= 4 is 11.9 Å². The third-order valence-electron chi connectivity index (χ3n) is 13.4. The molecule has 6 nitrogen and oxygen atoms in total. The topological polar surface area (TPSA) is 64.1 Å². The molecule has 6 aliphatic rings. The second kappa shape index (κ2) is 11.2. The van der Waals surface area contributed by atoms with Gasteiger partial charge in [-0.1, -0.05) is 32.4 Å². The average molecular weight is 568 g/mol. The van der Waals surface area contributed by atoms with Crippen molar-refractivity contribution in [3.63, 3.8) is 0 Å². The summed E-state index contributed by atoms with van der Waals surface area (Å²) in [5.41, 5.74) is 2.26. The molecule has 0 radical (unpaired) electrons. The van der Waals surface area contributed by atoms with Crippen molar-refractivity contribution in [3.8, 4) is 0 Å². The van der Waals surface area contributed by atoms with Gasteiger partial charge < -0.3 is 19.8 Å². The number of fused-ring (bicyclic) bond motifs is 5. The van der Waals surface area contributed by atoms with E-state index < -0.39 is 0 Å². The number of piperazine rings is 1. The Morgan fingerprint density at radius 2 is 1.85 bits per heavy atom. The number of carbonyl (C=O) groups is 2. The molecule has 3 amide bonds. The fourth-order valence-electron chi connectivity index (χ4n) is 10.8. The number of allylic oxidation sites excluding steroid dienone is 1. The summed E-state index contributed by atoms with van der Waals surface area (Å²) in [6.07, 6.45) is 16.1. The number of nitrogens with zero attached hydrogens (tertiary/aromatic N) is 3. The Bertz CT molecular complexity index is 1040. The lowest BCUT2D eigenvalue weighted by atomic mass is 9.47. The summed E-state index contributed by atoms with van der Waals surface area (Å²) in [6.45, 7) is 12.5. The number of hydrogen-bond donors (Lipinski definition) is 1. The monoisotopic (exact) mass is 567 g/mol. The first-order valence-electron chi connectivity index (χ1n) is 17.2. The van der Waals surface area contributed by atoms with Gasteiger partial charge in [0.25, 0.3) is 0 Å². The van der Waals surface area contributed by atoms with Gasteiger partial charge in [-0.25, -0.2) is 4.79 Å². The first kappa shape index (κ1) is 29.5. The molecule has 41 heavy (non-hydrogen) atoms. The molecule has 0 aromatic heterocycles. The SMILES string of the molecule is CC(CCC(=O)N1CCN(C(=O)N(C)CC2CC2)C[C@@H]1C)[C@H]1CC[C@H]2[C@@H]3CC=C4C[C@@H](O)CC[C@]4(C)[C@H]3CC[C@]12C. The molecule has 230 valence electrons. The minimum Gasteiger partial charge on any atom is -0.393 e. The summed E-state index contributed by atoms with van der Waals surface area (Å²) in [4.78, 5) is 32.2. The van der Waals surface area contributed by atoms with Crippen LogP contribution in [-0.4, -0.2) is 77.1 Å². The van der Waals surface area contributed by atoms with Crippen LogP contribution in [0.4, 0.5) is 4.79 Å². The van der Waals surface area contributed by atoms with E-state index in [0.29, 0.717) is 54.6 Å². The van der Waals surface area contributed by atoms with Gasteiger partial charge in [0.05, 0.1) is 6.10 Å². The molecule has 9 atom stereocenters. The third kappa shape index (κ3) is 5.38. The molecule has 1 unspecified atom stereocenters. The van der Waals surface area contributed by atoms with Crippen LogP contribution in [0.25, 0.3) is 0 Å². The summed E-state index contributed by atoms with van der Waals surface area (Å²) in [6, 6.07) is 0.211. The van der Waals surface area contributed by atoms with E-state index in [0.717, 1.165) is 50.0 Å². The maximum absolute atomic E-state index is 13.4. The highest BCUT2D eigenvalue weighted by Gasteiger charge is 2.59. The molecular formula is C35H57N3O3. The second-order valence-electron chi connectivity index (χ2n) is 15.9. The molecule has 6 heteroatoms. The molecular weight excluding hydrogens is 510 g/mol. The molecule has 1 heterocycles. The zero-order chi connectivity index (χ0) is 29.1. The lowest BCUT2D eigenvalue weighted by Crippen LogP contribution is -2.57. The van der Waals surface area contributed by atoms with Crippen LogP contribution in [0.3, 0.4) is 0 Å². The van der Waals surface area contributed by atoms with Crippen molar-refractivity contribution in [3.05, 3.63) is 11.6 Å². The van der Waals surface area contributed by atoms with Crippen molar-refractivity contribution in [1.29, 1.82) is 0 Å². The van der Waals surface area contributed by atoms with E-state index in [4.69, 9.17) is 0 Å². The average Bonchev–Trinajstić information content (AvgIpc) is 3.69. The number of amides is 3. The highest BCUT2D eigenvalue weighted by atomic mass is 16.3. The van der Waals surface area contributed by atoms with Crippen molar-refractivity contribution in [2.24, 2.45) is 46.3 Å². The summed E-state index contributed by atoms with van der Waals surface area (Å²) >= 11 is 0. The number of rotatable bonds is 6. The van der Waals surface area contributed by atoms with Crippen LogP contribution in [0.2, 0.25) is 0 Å². The van der Waals surface area contributed by atoms with Gasteiger partial charge in [-0.2, -0.15) is 0 Å². The highest BCUT2D eigenvalue weighted by Crippen LogP contribution is 2.67. The summed E-state index contributed by atoms with van der Waals surface area (Å²) in [5.74, 6) is 4.62. The van der Waals surface area contributed by atoms with Gasteiger partial charge in [0.1, 0.15) is 0 Å². The third-order valence-corrected chi connectivity index (χ3v) is 13.4. The number of hydrogen-bond acceptors (Lipinski definition) is 3. The van der Waals surface area contributed by atoms with E-state index in [-0.39, 0.29) is 24.1 Å². The van der Waals surface area contributed by atoms with Gasteiger partial charge in [-0.05, 0) is 124 Å². The Morgan fingerprint density at radius 1 is 1.07 bits per heavy atom. The van der Waals surface area contributed by atoms with Crippen LogP contribution in [0.1, 0.15) is 105 Å². The maximum Gasteiger partial charge on any atom is 0.319 e. The quantitative estimate of drug-likeness (QED) is 0.381. The molecule has 0 spiro atoms. The van der Waals surface area contributed by atoms with Crippen LogP contribution >= 0.6 is 0 Å². The Hall–Kier alpha value is -1.56. The Labute approximate surface area is 249 Å². The van der Waals surface area contributed by atoms with Crippen molar-refractivity contribution in [2.75, 3.05) is 33.2 Å². The molecule has 1 saturated heterocycles. The molecule has 0 aromatic carbocycles. The Balaban J connectivity index is 1.02. The minimum absolute atomic E-state index is 0.0833. The van der Waals surface area contributed by atoms with Crippen LogP contribution < -0.4 is 0 Å². The van der Waals surface area contributed by atoms with E-state index in [2.05, 4.69) is 38.7 Å². The fraction of sp³-hybridized carbons (Fsp3) is 0.886. The Kier molecular flexibility index (Phi) is 8.04. The van der Waals surface area contributed by atoms with Crippen LogP contribution in [0, 0.1) is 46.3 Å². The van der Waals surface area contributed by atoms with Crippen LogP contribution in [0.5, 0.6) is 0 Å². The van der Waals surface area contributed by atoms with E-state index in [1.165, 1.54) is 44.9 Å². The zero-order valence-corrected chi connectivity index (χ0v) is 26.6. The van der Waals surface area contributed by atoms with Crippen LogP contribution in [0.15, 0.2) is 11.6 Å². The molecule has 1 N–H and O–H groups in total. The zero-order valence-electron chi connectivity index (χ0n) is 26.6. The predicted octanol–water partition coefficient (Wildman–Crippen LogP) is 6.34. The van der Waals surface area contributed by atoms with Gasteiger partial charge in [0.2, 0.25) is 5.91 Å². The molecule has 1 aliphatic heterocycles. The highest BCUT2D eigenvalue weighted by molar-refractivity contribution is 5.78. The minimum atomic E-state index is -0.132. The maximum atomic E-state index is 13.4. The first-order chi connectivity index (χ1) is 19.5. The van der Waals surface area contributed by atoms with Gasteiger partial charge >= 0.3 is 6.03 Å². The lowest BCUT2D eigenvalue weighted by molar-refractivity contribution is -0.135. The number of aliphatic hydroxyl groups is 1. The lowest BCUT2D eigenvalue weighted by Gasteiger charge is -2.58. The van der Waals surface area contributed by atoms with Crippen molar-refractivity contribution < 1.29 is 14.7 Å². The second-order valence-corrected chi connectivity index (χ2v) is 15.9. The van der Waals surface area contributed by atoms with Crippen molar-refractivity contribution in [2.45, 2.75) is 117 Å². The number of urea groups is 1. The van der Waals surface area contributed by atoms with E-state index in [1.54, 1.807) is 5.57 Å². The smallest absolute Gasteiger partial charge is 0.319 e. The summed E-state index contributed by atoms with van der Waals surface area (Å²) < 4.78 is 0. The standard InChI is InChI=1S/C35H57N3O3/c1-23(6-13-32(40)38-19-18-37(21-24(38)2)33(41)36(5)22-25-7-8-25)29-11-12-30-28-10-9-26-20-27(39)14-16-34(26,3)31(28)15-17-35(29,30)4/h9,23-25,27-31,39H,6-8,10-22H2,1-5H3/t23?,24-,27-,28-,29+,30-,31-,34-,35+/m0/s1. The number of carbonyl (C=O) groups excluding carboxylic acids is 2. The largest absolute Gasteiger partial charge is 0.393 e. The van der Waals surface area contributed by atoms with Crippen molar-refractivity contribution in [1.82, 2.24) is 14.7 Å². The molecule has 4 saturated carbocycles. The normalized spacial score (nSPS) is 41.2. The summed E-state index contributed by atoms with van der Waals surface area (Å²) in [5, 5.41) is 10.3. The van der Waals surface area contributed by atoms with Gasteiger partial charge in [-0.15, -0.1) is 0 Å². The molecule has 5 fully saturated rings. The van der Waals surface area contributed by atoms with Crippen LogP contribution in [-0.2, 0) is 4.79 Å². The van der Waals surface area contributed by atoms with E-state index in [9.17, 15) is 14.7 Å². The van der Waals surface area contributed by atoms with Gasteiger partial charge in [0, 0.05) is 45.7 Å². The molecule has 6 rings (SSSR count). The van der Waals surface area contributed by atoms with E-state index >= 15 is 0 Å². The Morgan fingerprint density at radius 3 is 2.59 bits per heavy atom. The summed E-state index contributed by atoms with van der Waals surface area (Å²) in [7, 11) is 1.93. The fourth-order valence-corrected chi connectivity index (χ4v) is 10.8. The number of aliphatic hydroxyl groups excluding tert-OH is 1. The van der Waals surface area contributed by atoms with Gasteiger partial charge in [-0.3, -0.25) is 4.79 Å². The van der Waals surface area contributed by atoms with E-state index in [1.807, 2.05) is 16.8 Å². The first-order valence-corrected chi connectivity index (χ1v) is 17.2. The molecule has 0 aromatic rings. The predicted molar refractivity (Wildman–Crippen MR) is 163 cm³/mol. The molecule has 5 aliphatic carbocycles. The van der Waals surface area contributed by atoms with Gasteiger partial charge in [0.15, 0.2) is 0 Å². The molecule has 0 bridgehead atoms.